The first-order valence-electron chi connectivity index (χ1n) is 7.58. The predicted molar refractivity (Wildman–Crippen MR) is 86.6 cm³/mol. The van der Waals surface area contributed by atoms with Gasteiger partial charge in [-0.3, -0.25) is 14.6 Å². The number of aromatic nitrogens is 3. The highest BCUT2D eigenvalue weighted by atomic mass is 32.1. The van der Waals surface area contributed by atoms with Gasteiger partial charge in [-0.2, -0.15) is 0 Å². The molecule has 122 valence electrons. The second-order valence-corrected chi connectivity index (χ2v) is 6.89. The summed E-state index contributed by atoms with van der Waals surface area (Å²) in [5.41, 5.74) is 0.0537. The van der Waals surface area contributed by atoms with Crippen molar-refractivity contribution < 1.29 is 4.79 Å². The monoisotopic (exact) mass is 334 g/mol. The molecule has 1 atom stereocenters. The minimum Gasteiger partial charge on any atom is -0.348 e. The van der Waals surface area contributed by atoms with Gasteiger partial charge in [0.25, 0.3) is 5.56 Å². The quantitative estimate of drug-likeness (QED) is 0.867. The van der Waals surface area contributed by atoms with E-state index in [2.05, 4.69) is 15.3 Å². The SMILES string of the molecule is Cc1nc2c(s1)CCCC2NC(=O)CCn1ccc(=O)[nH]c1=O. The number of rotatable bonds is 4. The third-order valence-electron chi connectivity index (χ3n) is 3.87. The molecule has 3 rings (SSSR count). The summed E-state index contributed by atoms with van der Waals surface area (Å²) >= 11 is 1.69. The molecular weight excluding hydrogens is 316 g/mol. The number of fused-ring (bicyclic) bond motifs is 1. The Morgan fingerprint density at radius 3 is 3.13 bits per heavy atom. The van der Waals surface area contributed by atoms with E-state index in [-0.39, 0.29) is 24.9 Å². The molecular formula is C15H18N4O3S. The van der Waals surface area contributed by atoms with Crippen LogP contribution in [0.1, 0.15) is 40.9 Å². The molecule has 7 nitrogen and oxygen atoms in total. The molecule has 0 aromatic carbocycles. The number of nitrogens with one attached hydrogen (secondary N) is 2. The summed E-state index contributed by atoms with van der Waals surface area (Å²) in [5, 5.41) is 4.03. The van der Waals surface area contributed by atoms with Crippen LogP contribution in [-0.2, 0) is 17.8 Å². The number of hydrogen-bond acceptors (Lipinski definition) is 5. The topological polar surface area (TPSA) is 96.8 Å². The van der Waals surface area contributed by atoms with Crippen molar-refractivity contribution in [2.24, 2.45) is 0 Å². The molecule has 1 aliphatic rings. The Bertz CT molecular complexity index is 836. The lowest BCUT2D eigenvalue weighted by molar-refractivity contribution is -0.122. The van der Waals surface area contributed by atoms with E-state index in [1.807, 2.05) is 6.92 Å². The van der Waals surface area contributed by atoms with Crippen LogP contribution >= 0.6 is 11.3 Å². The van der Waals surface area contributed by atoms with E-state index >= 15 is 0 Å². The normalized spacial score (nSPS) is 16.8. The van der Waals surface area contributed by atoms with Gasteiger partial charge in [0.2, 0.25) is 5.91 Å². The second kappa shape index (κ2) is 6.49. The molecule has 0 spiro atoms. The van der Waals surface area contributed by atoms with Crippen molar-refractivity contribution in [2.45, 2.75) is 45.2 Å². The fraction of sp³-hybridized carbons (Fsp3) is 0.467. The Morgan fingerprint density at radius 2 is 2.35 bits per heavy atom. The Morgan fingerprint density at radius 1 is 1.52 bits per heavy atom. The van der Waals surface area contributed by atoms with Gasteiger partial charge in [-0.05, 0) is 26.2 Å². The van der Waals surface area contributed by atoms with Crippen LogP contribution in [0.5, 0.6) is 0 Å². The molecule has 23 heavy (non-hydrogen) atoms. The standard InChI is InChI=1S/C15H18N4O3S/c1-9-16-14-10(3-2-4-11(14)23-9)17-12(20)5-7-19-8-6-13(21)18-15(19)22/h6,8,10H,2-5,7H2,1H3,(H,17,20)(H,18,21,22). The molecule has 2 heterocycles. The highest BCUT2D eigenvalue weighted by Crippen LogP contribution is 2.32. The van der Waals surface area contributed by atoms with Crippen molar-refractivity contribution in [1.29, 1.82) is 0 Å². The average Bonchev–Trinajstić information content (AvgIpc) is 2.88. The van der Waals surface area contributed by atoms with Crippen molar-refractivity contribution >= 4 is 17.2 Å². The Balaban J connectivity index is 1.62. The van der Waals surface area contributed by atoms with Gasteiger partial charge in [-0.1, -0.05) is 0 Å². The first kappa shape index (κ1) is 15.7. The van der Waals surface area contributed by atoms with Gasteiger partial charge < -0.3 is 9.88 Å². The molecule has 0 bridgehead atoms. The smallest absolute Gasteiger partial charge is 0.328 e. The van der Waals surface area contributed by atoms with Crippen LogP contribution in [0.15, 0.2) is 21.9 Å². The molecule has 2 aromatic heterocycles. The van der Waals surface area contributed by atoms with Crippen LogP contribution in [0.4, 0.5) is 0 Å². The van der Waals surface area contributed by atoms with E-state index in [9.17, 15) is 14.4 Å². The average molecular weight is 334 g/mol. The maximum Gasteiger partial charge on any atom is 0.328 e. The van der Waals surface area contributed by atoms with Crippen LogP contribution < -0.4 is 16.6 Å². The number of aryl methyl sites for hydroxylation is 3. The number of carbonyl (C=O) groups is 1. The zero-order valence-corrected chi connectivity index (χ0v) is 13.6. The number of hydrogen-bond donors (Lipinski definition) is 2. The fourth-order valence-electron chi connectivity index (χ4n) is 2.79. The van der Waals surface area contributed by atoms with E-state index in [1.165, 1.54) is 21.7 Å². The van der Waals surface area contributed by atoms with Crippen LogP contribution in [0, 0.1) is 6.92 Å². The summed E-state index contributed by atoms with van der Waals surface area (Å²) in [6.07, 6.45) is 4.54. The predicted octanol–water partition coefficient (Wildman–Crippen LogP) is 0.885. The number of H-pyrrole nitrogens is 1. The molecule has 2 aromatic rings. The fourth-order valence-corrected chi connectivity index (χ4v) is 3.83. The largest absolute Gasteiger partial charge is 0.348 e. The first-order chi connectivity index (χ1) is 11.0. The molecule has 0 fully saturated rings. The molecule has 8 heteroatoms. The Kier molecular flexibility index (Phi) is 4.42. The summed E-state index contributed by atoms with van der Waals surface area (Å²) in [5.74, 6) is -0.119. The lowest BCUT2D eigenvalue weighted by Crippen LogP contribution is -2.33. The van der Waals surface area contributed by atoms with Crippen molar-refractivity contribution in [3.63, 3.8) is 0 Å². The number of carbonyl (C=O) groups excluding carboxylic acids is 1. The number of nitrogens with zero attached hydrogens (tertiary/aromatic N) is 2. The molecule has 0 saturated heterocycles. The number of aromatic amines is 1. The molecule has 0 aliphatic heterocycles. The van der Waals surface area contributed by atoms with Gasteiger partial charge in [-0.25, -0.2) is 9.78 Å². The van der Waals surface area contributed by atoms with Crippen molar-refractivity contribution in [1.82, 2.24) is 19.9 Å². The highest BCUT2D eigenvalue weighted by molar-refractivity contribution is 7.11. The van der Waals surface area contributed by atoms with E-state index in [4.69, 9.17) is 0 Å². The second-order valence-electron chi connectivity index (χ2n) is 5.61. The molecule has 2 N–H and O–H groups in total. The summed E-state index contributed by atoms with van der Waals surface area (Å²) in [4.78, 5) is 42.7. The van der Waals surface area contributed by atoms with E-state index in [0.29, 0.717) is 0 Å². The van der Waals surface area contributed by atoms with Crippen molar-refractivity contribution in [3.05, 3.63) is 48.7 Å². The zero-order valence-electron chi connectivity index (χ0n) is 12.8. The third kappa shape index (κ3) is 3.58. The number of thiazole rings is 1. The van der Waals surface area contributed by atoms with Gasteiger partial charge in [0.1, 0.15) is 0 Å². The maximum absolute atomic E-state index is 12.2. The lowest BCUT2D eigenvalue weighted by Gasteiger charge is -2.22. The maximum atomic E-state index is 12.2. The lowest BCUT2D eigenvalue weighted by atomic mass is 9.97. The van der Waals surface area contributed by atoms with E-state index in [1.54, 1.807) is 11.3 Å². The molecule has 0 saturated carbocycles. The first-order valence-corrected chi connectivity index (χ1v) is 8.40. The Hall–Kier alpha value is -2.22. The van der Waals surface area contributed by atoms with Gasteiger partial charge in [0, 0.05) is 30.1 Å². The van der Waals surface area contributed by atoms with Gasteiger partial charge >= 0.3 is 5.69 Å². The van der Waals surface area contributed by atoms with Crippen molar-refractivity contribution in [2.75, 3.05) is 0 Å². The van der Waals surface area contributed by atoms with Crippen LogP contribution in [0.2, 0.25) is 0 Å². The van der Waals surface area contributed by atoms with Crippen LogP contribution in [0.3, 0.4) is 0 Å². The van der Waals surface area contributed by atoms with Gasteiger partial charge in [0.05, 0.1) is 16.7 Å². The van der Waals surface area contributed by atoms with Gasteiger partial charge in [0.15, 0.2) is 0 Å². The zero-order chi connectivity index (χ0) is 16.4. The minimum atomic E-state index is -0.500. The molecule has 1 aliphatic carbocycles. The van der Waals surface area contributed by atoms with Crippen LogP contribution in [0.25, 0.3) is 0 Å². The Labute approximate surface area is 136 Å². The highest BCUT2D eigenvalue weighted by Gasteiger charge is 2.25. The molecule has 1 amide bonds. The number of amides is 1. The minimum absolute atomic E-state index is 0.0384. The van der Waals surface area contributed by atoms with E-state index < -0.39 is 11.2 Å². The van der Waals surface area contributed by atoms with Gasteiger partial charge in [-0.15, -0.1) is 11.3 Å². The summed E-state index contributed by atoms with van der Waals surface area (Å²) in [6, 6.07) is 1.23. The summed E-state index contributed by atoms with van der Waals surface area (Å²) in [6.45, 7) is 2.21. The molecule has 0 radical (unpaired) electrons. The van der Waals surface area contributed by atoms with E-state index in [0.717, 1.165) is 30.0 Å². The molecule has 1 unspecified atom stereocenters. The summed E-state index contributed by atoms with van der Waals surface area (Å²) in [7, 11) is 0. The third-order valence-corrected chi connectivity index (χ3v) is 4.92. The van der Waals surface area contributed by atoms with Crippen molar-refractivity contribution in [3.8, 4) is 0 Å². The summed E-state index contributed by atoms with van der Waals surface area (Å²) < 4.78 is 1.32. The van der Waals surface area contributed by atoms with Crippen LogP contribution in [-0.4, -0.2) is 20.4 Å².